The molecule has 2 heterocycles. The molecule has 2 rings (SSSR count). The molecular formula is C17H21F3N4O3. The van der Waals surface area contributed by atoms with Gasteiger partial charge in [0.2, 0.25) is 5.91 Å². The third kappa shape index (κ3) is 4.76. The number of hydrogen-bond donors (Lipinski definition) is 4. The maximum Gasteiger partial charge on any atom is 0.417 e. The summed E-state index contributed by atoms with van der Waals surface area (Å²) in [5.41, 5.74) is -1.83. The van der Waals surface area contributed by atoms with Crippen molar-refractivity contribution in [3.05, 3.63) is 35.9 Å². The van der Waals surface area contributed by atoms with Crippen LogP contribution in [-0.4, -0.2) is 46.0 Å². The molecule has 1 amide bonds. The highest BCUT2D eigenvalue weighted by Gasteiger charge is 2.36. The molecule has 0 bridgehead atoms. The number of alkyl halides is 3. The molecule has 0 radical (unpaired) electrons. The lowest BCUT2D eigenvalue weighted by molar-refractivity contribution is -0.137. The molecule has 148 valence electrons. The van der Waals surface area contributed by atoms with E-state index in [1.54, 1.807) is 13.8 Å². The topological polar surface area (TPSA) is 110 Å². The van der Waals surface area contributed by atoms with Gasteiger partial charge in [0.15, 0.2) is 5.88 Å². The van der Waals surface area contributed by atoms with E-state index in [2.05, 4.69) is 10.3 Å². The first-order valence-corrected chi connectivity index (χ1v) is 8.17. The third-order valence-electron chi connectivity index (χ3n) is 4.35. The fourth-order valence-corrected chi connectivity index (χ4v) is 2.32. The second kappa shape index (κ2) is 7.55. The molecule has 10 heteroatoms. The Labute approximate surface area is 154 Å². The molecule has 0 saturated carbocycles. The summed E-state index contributed by atoms with van der Waals surface area (Å²) >= 11 is 0. The van der Waals surface area contributed by atoms with Gasteiger partial charge in [-0.2, -0.15) is 13.2 Å². The fourth-order valence-electron chi connectivity index (χ4n) is 2.32. The number of nitrogens with zero attached hydrogens (tertiary/aromatic N) is 2. The lowest BCUT2D eigenvalue weighted by atomic mass is 9.88. The Balaban J connectivity index is 2.02. The lowest BCUT2D eigenvalue weighted by Crippen LogP contribution is -2.56. The minimum Gasteiger partial charge on any atom is -0.494 e. The number of nitrogens with one attached hydrogen (secondary N) is 2. The number of halogens is 3. The summed E-state index contributed by atoms with van der Waals surface area (Å²) < 4.78 is 37.8. The summed E-state index contributed by atoms with van der Waals surface area (Å²) in [6, 6.07) is 1.40. The Morgan fingerprint density at radius 2 is 2.11 bits per heavy atom. The second-order valence-corrected chi connectivity index (χ2v) is 6.88. The average molecular weight is 386 g/mol. The first kappa shape index (κ1) is 20.7. The van der Waals surface area contributed by atoms with Crippen molar-refractivity contribution in [3.8, 4) is 0 Å². The van der Waals surface area contributed by atoms with E-state index in [0.717, 1.165) is 12.1 Å². The van der Waals surface area contributed by atoms with E-state index in [-0.39, 0.29) is 18.1 Å². The number of anilines is 1. The number of aliphatic hydroxyl groups is 2. The summed E-state index contributed by atoms with van der Waals surface area (Å²) in [5.74, 6) is -0.878. The van der Waals surface area contributed by atoms with Crippen LogP contribution in [0, 0.1) is 10.8 Å². The van der Waals surface area contributed by atoms with Crippen molar-refractivity contribution in [1.82, 2.24) is 10.3 Å². The van der Waals surface area contributed by atoms with E-state index >= 15 is 0 Å². The van der Waals surface area contributed by atoms with Crippen LogP contribution in [0.2, 0.25) is 0 Å². The highest BCUT2D eigenvalue weighted by Crippen LogP contribution is 2.31. The monoisotopic (exact) mass is 386 g/mol. The highest BCUT2D eigenvalue weighted by atomic mass is 19.4. The lowest BCUT2D eigenvalue weighted by Gasteiger charge is -2.40. The zero-order chi connectivity index (χ0) is 20.4. The molecule has 1 aliphatic rings. The van der Waals surface area contributed by atoms with Gasteiger partial charge in [-0.15, -0.1) is 0 Å². The Kier molecular flexibility index (Phi) is 5.79. The highest BCUT2D eigenvalue weighted by molar-refractivity contribution is 5.98. The molecule has 1 fully saturated rings. The summed E-state index contributed by atoms with van der Waals surface area (Å²) in [4.78, 5) is 17.5. The molecule has 1 aliphatic heterocycles. The van der Waals surface area contributed by atoms with Crippen LogP contribution >= 0.6 is 0 Å². The number of aliphatic hydroxyl groups excluding tert-OH is 2. The smallest absolute Gasteiger partial charge is 0.417 e. The zero-order valence-electron chi connectivity index (χ0n) is 14.8. The number of aromatic nitrogens is 1. The van der Waals surface area contributed by atoms with E-state index in [1.807, 2.05) is 0 Å². The largest absolute Gasteiger partial charge is 0.494 e. The standard InChI is InChI=1S/C17H21F3N4O3/c1-16(2,9-25)12(21)7-14(26)23-15(27)11-5-6-24(11)13-4-3-10(8-22-13)17(18,19)20/h3-4,7-8,11,21,25-26H,5-6,9H2,1-2H3,(H,23,27)/b14-7-,21-12?/t11-/m0/s1. The third-order valence-corrected chi connectivity index (χ3v) is 4.35. The quantitative estimate of drug-likeness (QED) is 0.443. The summed E-state index contributed by atoms with van der Waals surface area (Å²) in [6.07, 6.45) is -2.30. The molecule has 0 aromatic carbocycles. The van der Waals surface area contributed by atoms with Crippen LogP contribution in [0.5, 0.6) is 0 Å². The number of allylic oxidation sites excluding steroid dienone is 1. The Morgan fingerprint density at radius 1 is 1.44 bits per heavy atom. The van der Waals surface area contributed by atoms with Crippen LogP contribution in [-0.2, 0) is 11.0 Å². The number of carbonyl (C=O) groups excluding carboxylic acids is 1. The van der Waals surface area contributed by atoms with Crippen molar-refractivity contribution in [2.24, 2.45) is 5.41 Å². The number of hydrogen-bond acceptors (Lipinski definition) is 6. The Bertz CT molecular complexity index is 745. The van der Waals surface area contributed by atoms with Gasteiger partial charge in [0.25, 0.3) is 0 Å². The van der Waals surface area contributed by atoms with Crippen molar-refractivity contribution in [3.63, 3.8) is 0 Å². The second-order valence-electron chi connectivity index (χ2n) is 6.88. The summed E-state index contributed by atoms with van der Waals surface area (Å²) in [6.45, 7) is 3.34. The van der Waals surface area contributed by atoms with Gasteiger partial charge in [-0.25, -0.2) is 4.98 Å². The van der Waals surface area contributed by atoms with Crippen molar-refractivity contribution >= 4 is 17.4 Å². The SMILES string of the molecule is CC(C)(CO)C(=N)/C=C(\O)NC(=O)[C@@H]1CCN1c1ccc(C(F)(F)F)cn1. The van der Waals surface area contributed by atoms with Crippen molar-refractivity contribution < 1.29 is 28.2 Å². The number of pyridine rings is 1. The number of amides is 1. The van der Waals surface area contributed by atoms with Crippen molar-refractivity contribution in [2.45, 2.75) is 32.5 Å². The fraction of sp³-hybridized carbons (Fsp3) is 0.471. The van der Waals surface area contributed by atoms with E-state index in [9.17, 15) is 28.2 Å². The zero-order valence-corrected chi connectivity index (χ0v) is 14.8. The van der Waals surface area contributed by atoms with Gasteiger partial charge in [-0.3, -0.25) is 10.1 Å². The molecule has 0 aliphatic carbocycles. The van der Waals surface area contributed by atoms with Gasteiger partial charge in [-0.1, -0.05) is 13.8 Å². The predicted octanol–water partition coefficient (Wildman–Crippen LogP) is 2.23. The van der Waals surface area contributed by atoms with Gasteiger partial charge in [-0.05, 0) is 18.6 Å². The van der Waals surface area contributed by atoms with Crippen LogP contribution < -0.4 is 10.2 Å². The minimum absolute atomic E-state index is 0.0716. The molecule has 1 aromatic rings. The van der Waals surface area contributed by atoms with Crippen LogP contribution in [0.15, 0.2) is 30.3 Å². The molecule has 7 nitrogen and oxygen atoms in total. The van der Waals surface area contributed by atoms with Gasteiger partial charge in [0.1, 0.15) is 11.9 Å². The summed E-state index contributed by atoms with van der Waals surface area (Å²) in [7, 11) is 0. The predicted molar refractivity (Wildman–Crippen MR) is 92.4 cm³/mol. The molecular weight excluding hydrogens is 365 g/mol. The van der Waals surface area contributed by atoms with Crippen molar-refractivity contribution in [1.29, 1.82) is 5.41 Å². The number of rotatable bonds is 6. The molecule has 27 heavy (non-hydrogen) atoms. The van der Waals surface area contributed by atoms with E-state index in [1.165, 1.54) is 11.0 Å². The Hall–Kier alpha value is -2.62. The molecule has 1 atom stereocenters. The molecule has 1 saturated heterocycles. The average Bonchev–Trinajstić information content (AvgIpc) is 2.53. The van der Waals surface area contributed by atoms with E-state index in [4.69, 9.17) is 5.41 Å². The van der Waals surface area contributed by atoms with Crippen LogP contribution in [0.25, 0.3) is 0 Å². The van der Waals surface area contributed by atoms with Crippen LogP contribution in [0.4, 0.5) is 19.0 Å². The molecule has 1 aromatic heterocycles. The first-order chi connectivity index (χ1) is 12.5. The maximum atomic E-state index is 12.6. The minimum atomic E-state index is -4.49. The maximum absolute atomic E-state index is 12.6. The van der Waals surface area contributed by atoms with Crippen LogP contribution in [0.1, 0.15) is 25.8 Å². The van der Waals surface area contributed by atoms with E-state index in [0.29, 0.717) is 19.2 Å². The van der Waals surface area contributed by atoms with Gasteiger partial charge in [0.05, 0.1) is 12.2 Å². The van der Waals surface area contributed by atoms with Gasteiger partial charge in [0, 0.05) is 29.9 Å². The molecule has 4 N–H and O–H groups in total. The van der Waals surface area contributed by atoms with E-state index < -0.39 is 35.0 Å². The normalized spacial score (nSPS) is 18.1. The van der Waals surface area contributed by atoms with Crippen molar-refractivity contribution in [2.75, 3.05) is 18.1 Å². The molecule has 0 spiro atoms. The van der Waals surface area contributed by atoms with Gasteiger partial charge >= 0.3 is 6.18 Å². The van der Waals surface area contributed by atoms with Crippen LogP contribution in [0.3, 0.4) is 0 Å². The first-order valence-electron chi connectivity index (χ1n) is 8.17. The molecule has 0 unspecified atom stereocenters. The van der Waals surface area contributed by atoms with Gasteiger partial charge < -0.3 is 20.5 Å². The Morgan fingerprint density at radius 3 is 2.56 bits per heavy atom. The summed E-state index contributed by atoms with van der Waals surface area (Å²) in [5, 5.41) is 29.1. The number of carbonyl (C=O) groups is 1.